The highest BCUT2D eigenvalue weighted by molar-refractivity contribution is 6.30. The lowest BCUT2D eigenvalue weighted by Gasteiger charge is -2.12. The van der Waals surface area contributed by atoms with Gasteiger partial charge in [-0.15, -0.1) is 0 Å². The molecule has 0 aliphatic carbocycles. The van der Waals surface area contributed by atoms with E-state index in [1.54, 1.807) is 24.3 Å². The first-order valence-corrected chi connectivity index (χ1v) is 6.63. The first kappa shape index (κ1) is 13.6. The molecule has 0 heterocycles. The van der Waals surface area contributed by atoms with Gasteiger partial charge in [0.1, 0.15) is 0 Å². The molecule has 1 amide bonds. The Morgan fingerprint density at radius 1 is 1.11 bits per heavy atom. The molecular weight excluding hydrogens is 258 g/mol. The summed E-state index contributed by atoms with van der Waals surface area (Å²) in [4.78, 5) is 11.9. The Hall–Kier alpha value is -1.80. The largest absolute Gasteiger partial charge is 0.326 e. The Bertz CT molecular complexity index is 536. The van der Waals surface area contributed by atoms with Crippen LogP contribution < -0.4 is 5.32 Å². The van der Waals surface area contributed by atoms with Gasteiger partial charge in [0.25, 0.3) is 0 Å². The predicted molar refractivity (Wildman–Crippen MR) is 79.6 cm³/mol. The van der Waals surface area contributed by atoms with Gasteiger partial charge in [-0.05, 0) is 35.7 Å². The highest BCUT2D eigenvalue weighted by Crippen LogP contribution is 2.20. The minimum absolute atomic E-state index is 0.0127. The Balaban J connectivity index is 1.93. The van der Waals surface area contributed by atoms with E-state index in [0.29, 0.717) is 11.4 Å². The second kappa shape index (κ2) is 6.39. The maximum absolute atomic E-state index is 11.9. The monoisotopic (exact) mass is 273 g/mol. The molecule has 0 aliphatic heterocycles. The molecule has 0 radical (unpaired) electrons. The second-order valence-corrected chi connectivity index (χ2v) is 5.01. The van der Waals surface area contributed by atoms with Crippen molar-refractivity contribution in [2.45, 2.75) is 19.3 Å². The van der Waals surface area contributed by atoms with Crippen molar-refractivity contribution in [3.8, 4) is 0 Å². The van der Waals surface area contributed by atoms with Gasteiger partial charge in [-0.2, -0.15) is 0 Å². The van der Waals surface area contributed by atoms with E-state index < -0.39 is 0 Å². The minimum atomic E-state index is 0.0127. The van der Waals surface area contributed by atoms with Gasteiger partial charge in [0.05, 0.1) is 0 Å². The number of nitrogens with one attached hydrogen (secondary N) is 1. The van der Waals surface area contributed by atoms with Gasteiger partial charge in [-0.25, -0.2) is 0 Å². The lowest BCUT2D eigenvalue weighted by molar-refractivity contribution is -0.116. The molecule has 19 heavy (non-hydrogen) atoms. The summed E-state index contributed by atoms with van der Waals surface area (Å²) in [6.45, 7) is 2.05. The predicted octanol–water partition coefficient (Wildman–Crippen LogP) is 4.47. The second-order valence-electron chi connectivity index (χ2n) is 4.57. The fraction of sp³-hybridized carbons (Fsp3) is 0.188. The smallest absolute Gasteiger partial charge is 0.224 e. The molecule has 2 aromatic rings. The summed E-state index contributed by atoms with van der Waals surface area (Å²) in [5, 5.41) is 3.53. The normalized spacial score (nSPS) is 11.9. The number of amides is 1. The van der Waals surface area contributed by atoms with Crippen molar-refractivity contribution in [2.24, 2.45) is 0 Å². The number of hydrogen-bond donors (Lipinski definition) is 1. The molecule has 0 bridgehead atoms. The standard InChI is InChI=1S/C16H16ClNO/c1-12(13-5-3-2-4-6-13)11-16(19)18-15-9-7-14(17)8-10-15/h2-10,12H,11H2,1H3,(H,18,19). The third-order valence-corrected chi connectivity index (χ3v) is 3.24. The topological polar surface area (TPSA) is 29.1 Å². The minimum Gasteiger partial charge on any atom is -0.326 e. The highest BCUT2D eigenvalue weighted by atomic mass is 35.5. The third-order valence-electron chi connectivity index (χ3n) is 2.99. The van der Waals surface area contributed by atoms with Crippen molar-refractivity contribution in [3.63, 3.8) is 0 Å². The van der Waals surface area contributed by atoms with Crippen LogP contribution in [0.4, 0.5) is 5.69 Å². The molecule has 98 valence electrons. The number of carbonyl (C=O) groups is 1. The van der Waals surface area contributed by atoms with Gasteiger partial charge in [-0.3, -0.25) is 4.79 Å². The SMILES string of the molecule is CC(CC(=O)Nc1ccc(Cl)cc1)c1ccccc1. The molecule has 1 unspecified atom stereocenters. The van der Waals surface area contributed by atoms with Crippen LogP contribution in [0.25, 0.3) is 0 Å². The van der Waals surface area contributed by atoms with Crippen LogP contribution in [-0.4, -0.2) is 5.91 Å². The Morgan fingerprint density at radius 3 is 2.37 bits per heavy atom. The molecule has 0 saturated heterocycles. The molecule has 2 nitrogen and oxygen atoms in total. The van der Waals surface area contributed by atoms with Gasteiger partial charge < -0.3 is 5.32 Å². The molecule has 0 saturated carbocycles. The van der Waals surface area contributed by atoms with Gasteiger partial charge in [-0.1, -0.05) is 48.9 Å². The van der Waals surface area contributed by atoms with Crippen LogP contribution in [0, 0.1) is 0 Å². The van der Waals surface area contributed by atoms with Gasteiger partial charge in [0.2, 0.25) is 5.91 Å². The van der Waals surface area contributed by atoms with Crippen molar-refractivity contribution in [3.05, 3.63) is 65.2 Å². The Labute approximate surface area is 118 Å². The lowest BCUT2D eigenvalue weighted by Crippen LogP contribution is -2.14. The third kappa shape index (κ3) is 4.11. The summed E-state index contributed by atoms with van der Waals surface area (Å²) in [5.74, 6) is 0.215. The zero-order valence-corrected chi connectivity index (χ0v) is 11.5. The first-order valence-electron chi connectivity index (χ1n) is 6.25. The van der Waals surface area contributed by atoms with E-state index in [1.807, 2.05) is 30.3 Å². The van der Waals surface area contributed by atoms with Gasteiger partial charge >= 0.3 is 0 Å². The van der Waals surface area contributed by atoms with E-state index in [2.05, 4.69) is 12.2 Å². The van der Waals surface area contributed by atoms with E-state index in [-0.39, 0.29) is 11.8 Å². The molecule has 3 heteroatoms. The zero-order valence-electron chi connectivity index (χ0n) is 10.8. The van der Waals surface area contributed by atoms with Crippen LogP contribution in [0.2, 0.25) is 5.02 Å². The molecule has 1 N–H and O–H groups in total. The van der Waals surface area contributed by atoms with Crippen molar-refractivity contribution in [1.29, 1.82) is 0 Å². The number of anilines is 1. The Morgan fingerprint density at radius 2 is 1.74 bits per heavy atom. The van der Waals surface area contributed by atoms with E-state index in [0.717, 1.165) is 5.69 Å². The fourth-order valence-corrected chi connectivity index (χ4v) is 2.05. The van der Waals surface area contributed by atoms with E-state index >= 15 is 0 Å². The summed E-state index contributed by atoms with van der Waals surface area (Å²) >= 11 is 5.80. The lowest BCUT2D eigenvalue weighted by atomic mass is 9.97. The van der Waals surface area contributed by atoms with E-state index in [1.165, 1.54) is 5.56 Å². The summed E-state index contributed by atoms with van der Waals surface area (Å²) in [5.41, 5.74) is 1.95. The number of hydrogen-bond acceptors (Lipinski definition) is 1. The average Bonchev–Trinajstić information content (AvgIpc) is 2.42. The van der Waals surface area contributed by atoms with Crippen molar-refractivity contribution < 1.29 is 4.79 Å². The fourth-order valence-electron chi connectivity index (χ4n) is 1.92. The van der Waals surface area contributed by atoms with Crippen molar-refractivity contribution >= 4 is 23.2 Å². The van der Waals surface area contributed by atoms with Crippen LogP contribution in [-0.2, 0) is 4.79 Å². The maximum Gasteiger partial charge on any atom is 0.224 e. The number of rotatable bonds is 4. The highest BCUT2D eigenvalue weighted by Gasteiger charge is 2.10. The van der Waals surface area contributed by atoms with E-state index in [4.69, 9.17) is 11.6 Å². The molecule has 1 atom stereocenters. The van der Waals surface area contributed by atoms with Gasteiger partial charge in [0, 0.05) is 17.1 Å². The molecule has 0 aromatic heterocycles. The number of halogens is 1. The van der Waals surface area contributed by atoms with E-state index in [9.17, 15) is 4.79 Å². The maximum atomic E-state index is 11.9. The van der Waals surface area contributed by atoms with Crippen LogP contribution >= 0.6 is 11.6 Å². The molecule has 0 fully saturated rings. The summed E-state index contributed by atoms with van der Waals surface area (Å²) < 4.78 is 0. The van der Waals surface area contributed by atoms with Gasteiger partial charge in [0.15, 0.2) is 0 Å². The average molecular weight is 274 g/mol. The first-order chi connectivity index (χ1) is 9.15. The van der Waals surface area contributed by atoms with Crippen molar-refractivity contribution in [1.82, 2.24) is 0 Å². The van der Waals surface area contributed by atoms with Crippen LogP contribution in [0.15, 0.2) is 54.6 Å². The van der Waals surface area contributed by atoms with Crippen LogP contribution in [0.1, 0.15) is 24.8 Å². The molecule has 2 rings (SSSR count). The van der Waals surface area contributed by atoms with Crippen LogP contribution in [0.3, 0.4) is 0 Å². The molecule has 2 aromatic carbocycles. The summed E-state index contributed by atoms with van der Waals surface area (Å²) in [6.07, 6.45) is 0.465. The van der Waals surface area contributed by atoms with Crippen molar-refractivity contribution in [2.75, 3.05) is 5.32 Å². The summed E-state index contributed by atoms with van der Waals surface area (Å²) in [6, 6.07) is 17.2. The number of carbonyl (C=O) groups excluding carboxylic acids is 1. The van der Waals surface area contributed by atoms with Crippen LogP contribution in [0.5, 0.6) is 0 Å². The quantitative estimate of drug-likeness (QED) is 0.875. The molecular formula is C16H16ClNO. The number of benzene rings is 2. The molecule has 0 aliphatic rings. The molecule has 0 spiro atoms. The zero-order chi connectivity index (χ0) is 13.7. The Kier molecular flexibility index (Phi) is 4.58. The summed E-state index contributed by atoms with van der Waals surface area (Å²) in [7, 11) is 0.